The van der Waals surface area contributed by atoms with Crippen LogP contribution in [0.3, 0.4) is 0 Å². The SMILES string of the molecule is COc1cc(S(=O)(=O)Nc2ccc(S(=O)(=O)Nc3cccc(Cl)c3)cc2)ccc1F. The molecule has 3 aromatic carbocycles. The highest BCUT2D eigenvalue weighted by Crippen LogP contribution is 2.25. The summed E-state index contributed by atoms with van der Waals surface area (Å²) in [6.45, 7) is 0. The molecule has 0 radical (unpaired) electrons. The zero-order valence-corrected chi connectivity index (χ0v) is 17.9. The van der Waals surface area contributed by atoms with E-state index >= 15 is 0 Å². The summed E-state index contributed by atoms with van der Waals surface area (Å²) in [5.74, 6) is -0.912. The van der Waals surface area contributed by atoms with Gasteiger partial charge >= 0.3 is 0 Å². The van der Waals surface area contributed by atoms with Crippen molar-refractivity contribution in [2.75, 3.05) is 16.6 Å². The van der Waals surface area contributed by atoms with Crippen LogP contribution in [-0.4, -0.2) is 23.9 Å². The van der Waals surface area contributed by atoms with Crippen molar-refractivity contribution in [3.8, 4) is 5.75 Å². The number of hydrogen-bond donors (Lipinski definition) is 2. The predicted molar refractivity (Wildman–Crippen MR) is 112 cm³/mol. The predicted octanol–water partition coefficient (Wildman–Crippen LogP) is 4.09. The zero-order valence-electron chi connectivity index (χ0n) is 15.5. The van der Waals surface area contributed by atoms with Crippen molar-refractivity contribution in [3.63, 3.8) is 0 Å². The molecule has 0 aliphatic carbocycles. The minimum atomic E-state index is -4.04. The van der Waals surface area contributed by atoms with Crippen LogP contribution in [0.2, 0.25) is 5.02 Å². The summed E-state index contributed by atoms with van der Waals surface area (Å²) in [5.41, 5.74) is 0.414. The molecule has 3 aromatic rings. The largest absolute Gasteiger partial charge is 0.494 e. The Kier molecular flexibility index (Phi) is 6.20. The molecule has 0 saturated carbocycles. The second-order valence-electron chi connectivity index (χ2n) is 6.04. The van der Waals surface area contributed by atoms with Crippen molar-refractivity contribution in [2.45, 2.75) is 9.79 Å². The number of rotatable bonds is 7. The van der Waals surface area contributed by atoms with Crippen LogP contribution in [-0.2, 0) is 20.0 Å². The van der Waals surface area contributed by atoms with Crippen molar-refractivity contribution < 1.29 is 26.0 Å². The third-order valence-corrected chi connectivity index (χ3v) is 6.94. The number of anilines is 2. The van der Waals surface area contributed by atoms with E-state index in [0.717, 1.165) is 18.2 Å². The standard InChI is InChI=1S/C19H16ClFN2O5S2/c1-28-19-12-17(9-10-18(19)21)30(26,27)22-14-5-7-16(8-6-14)29(24,25)23-15-4-2-3-13(20)11-15/h2-12,22-23H,1H3. The average Bonchev–Trinajstić information content (AvgIpc) is 2.68. The number of hydrogen-bond acceptors (Lipinski definition) is 5. The number of sulfonamides is 2. The Bertz CT molecular complexity index is 1280. The summed E-state index contributed by atoms with van der Waals surface area (Å²) in [5, 5.41) is 0.373. The maximum absolute atomic E-state index is 13.5. The van der Waals surface area contributed by atoms with Crippen LogP contribution >= 0.6 is 11.6 Å². The number of benzene rings is 3. The van der Waals surface area contributed by atoms with Crippen LogP contribution in [0.15, 0.2) is 76.5 Å². The Morgan fingerprint density at radius 2 is 1.40 bits per heavy atom. The molecule has 0 aliphatic rings. The van der Waals surface area contributed by atoms with Gasteiger partial charge in [-0.3, -0.25) is 9.44 Å². The smallest absolute Gasteiger partial charge is 0.262 e. The molecule has 0 unspecified atom stereocenters. The number of nitrogens with one attached hydrogen (secondary N) is 2. The monoisotopic (exact) mass is 470 g/mol. The first kappa shape index (κ1) is 21.9. The van der Waals surface area contributed by atoms with Gasteiger partial charge in [-0.15, -0.1) is 0 Å². The normalized spacial score (nSPS) is 11.7. The van der Waals surface area contributed by atoms with Gasteiger partial charge in [0.2, 0.25) is 0 Å². The van der Waals surface area contributed by atoms with Crippen LogP contribution < -0.4 is 14.2 Å². The molecule has 11 heteroatoms. The van der Waals surface area contributed by atoms with E-state index in [9.17, 15) is 21.2 Å². The van der Waals surface area contributed by atoms with Gasteiger partial charge in [0.1, 0.15) is 0 Å². The molecule has 158 valence electrons. The van der Waals surface area contributed by atoms with E-state index < -0.39 is 25.9 Å². The quantitative estimate of drug-likeness (QED) is 0.541. The molecule has 30 heavy (non-hydrogen) atoms. The lowest BCUT2D eigenvalue weighted by Gasteiger charge is -2.11. The molecule has 0 bridgehead atoms. The lowest BCUT2D eigenvalue weighted by Crippen LogP contribution is -2.15. The van der Waals surface area contributed by atoms with Gasteiger partial charge < -0.3 is 4.74 Å². The number of ether oxygens (including phenoxy) is 1. The molecular formula is C19H16ClFN2O5S2. The first-order chi connectivity index (χ1) is 14.1. The Morgan fingerprint density at radius 1 is 0.800 bits per heavy atom. The highest BCUT2D eigenvalue weighted by Gasteiger charge is 2.18. The third kappa shape index (κ3) is 5.02. The molecule has 0 aromatic heterocycles. The van der Waals surface area contributed by atoms with Crippen molar-refractivity contribution in [2.24, 2.45) is 0 Å². The van der Waals surface area contributed by atoms with Gasteiger partial charge in [0.05, 0.1) is 22.6 Å². The molecule has 0 atom stereocenters. The fourth-order valence-corrected chi connectivity index (χ4v) is 4.80. The van der Waals surface area contributed by atoms with Crippen LogP contribution in [0, 0.1) is 5.82 Å². The van der Waals surface area contributed by atoms with Gasteiger partial charge in [0.15, 0.2) is 11.6 Å². The molecule has 0 aliphatic heterocycles. The van der Waals surface area contributed by atoms with Crippen molar-refractivity contribution in [1.29, 1.82) is 0 Å². The lowest BCUT2D eigenvalue weighted by atomic mass is 10.3. The Morgan fingerprint density at radius 3 is 2.03 bits per heavy atom. The van der Waals surface area contributed by atoms with Crippen molar-refractivity contribution in [1.82, 2.24) is 0 Å². The Labute approximate surface area is 178 Å². The zero-order chi connectivity index (χ0) is 21.9. The maximum Gasteiger partial charge on any atom is 0.262 e. The summed E-state index contributed by atoms with van der Waals surface area (Å²) >= 11 is 5.85. The van der Waals surface area contributed by atoms with E-state index in [-0.39, 0.29) is 26.9 Å². The molecule has 3 rings (SSSR count). The summed E-state index contributed by atoms with van der Waals surface area (Å²) in [7, 11) is -6.72. The van der Waals surface area contributed by atoms with Gasteiger partial charge in [-0.05, 0) is 54.6 Å². The van der Waals surface area contributed by atoms with Gasteiger partial charge in [-0.2, -0.15) is 0 Å². The average molecular weight is 471 g/mol. The second-order valence-corrected chi connectivity index (χ2v) is 9.84. The highest BCUT2D eigenvalue weighted by molar-refractivity contribution is 7.93. The van der Waals surface area contributed by atoms with Crippen LogP contribution in [0.1, 0.15) is 0 Å². The highest BCUT2D eigenvalue weighted by atomic mass is 35.5. The molecule has 0 fully saturated rings. The maximum atomic E-state index is 13.5. The summed E-state index contributed by atoms with van der Waals surface area (Å²) in [6.07, 6.45) is 0. The summed E-state index contributed by atoms with van der Waals surface area (Å²) in [4.78, 5) is -0.283. The fraction of sp³-hybridized carbons (Fsp3) is 0.0526. The summed E-state index contributed by atoms with van der Waals surface area (Å²) < 4.78 is 73.0. The molecular weight excluding hydrogens is 455 g/mol. The van der Waals surface area contributed by atoms with Gasteiger partial charge in [-0.1, -0.05) is 17.7 Å². The van der Waals surface area contributed by atoms with Gasteiger partial charge in [0.25, 0.3) is 20.0 Å². The molecule has 0 heterocycles. The Balaban J connectivity index is 1.80. The topological polar surface area (TPSA) is 102 Å². The minimum Gasteiger partial charge on any atom is -0.494 e. The van der Waals surface area contributed by atoms with E-state index in [1.54, 1.807) is 18.2 Å². The summed E-state index contributed by atoms with van der Waals surface area (Å²) in [6, 6.07) is 14.4. The van der Waals surface area contributed by atoms with Crippen LogP contribution in [0.4, 0.5) is 15.8 Å². The minimum absolute atomic E-state index is 0.0751. The van der Waals surface area contributed by atoms with E-state index in [0.29, 0.717) is 5.02 Å². The van der Waals surface area contributed by atoms with Crippen molar-refractivity contribution in [3.05, 3.63) is 77.6 Å². The lowest BCUT2D eigenvalue weighted by molar-refractivity contribution is 0.385. The van der Waals surface area contributed by atoms with E-state index in [2.05, 4.69) is 9.44 Å². The Hall–Kier alpha value is -2.82. The fourth-order valence-electron chi connectivity index (χ4n) is 2.49. The van der Waals surface area contributed by atoms with Gasteiger partial charge in [0, 0.05) is 16.8 Å². The van der Waals surface area contributed by atoms with Crippen LogP contribution in [0.25, 0.3) is 0 Å². The van der Waals surface area contributed by atoms with Crippen molar-refractivity contribution >= 4 is 43.0 Å². The first-order valence-corrected chi connectivity index (χ1v) is 11.7. The molecule has 0 saturated heterocycles. The number of halogens is 2. The van der Waals surface area contributed by atoms with E-state index in [1.165, 1.54) is 37.4 Å². The van der Waals surface area contributed by atoms with Gasteiger partial charge in [-0.25, -0.2) is 21.2 Å². The molecule has 0 spiro atoms. The number of methoxy groups -OCH3 is 1. The van der Waals surface area contributed by atoms with E-state index in [1.807, 2.05) is 0 Å². The molecule has 0 amide bonds. The third-order valence-electron chi connectivity index (χ3n) is 3.93. The second kappa shape index (κ2) is 8.50. The molecule has 2 N–H and O–H groups in total. The molecule has 7 nitrogen and oxygen atoms in total. The van der Waals surface area contributed by atoms with E-state index in [4.69, 9.17) is 16.3 Å². The van der Waals surface area contributed by atoms with Crippen LogP contribution in [0.5, 0.6) is 5.75 Å². The first-order valence-electron chi connectivity index (χ1n) is 8.35.